The largest absolute Gasteiger partial charge is 0.476 e. The summed E-state index contributed by atoms with van der Waals surface area (Å²) in [6.45, 7) is 1.00. The predicted molar refractivity (Wildman–Crippen MR) is 81.3 cm³/mol. The molecular weight excluding hydrogens is 302 g/mol. The highest BCUT2D eigenvalue weighted by Gasteiger charge is 2.19. The van der Waals surface area contributed by atoms with Crippen LogP contribution in [-0.2, 0) is 9.59 Å². The Hall–Kier alpha value is -3.35. The summed E-state index contributed by atoms with van der Waals surface area (Å²) in [5.41, 5.74) is 0.395. The Labute approximate surface area is 131 Å². The Morgan fingerprint density at radius 2 is 1.43 bits per heavy atom. The van der Waals surface area contributed by atoms with E-state index in [9.17, 15) is 24.5 Å². The van der Waals surface area contributed by atoms with Crippen molar-refractivity contribution in [2.45, 2.75) is 6.92 Å². The number of carbonyl (C=O) groups excluding carboxylic acids is 2. The summed E-state index contributed by atoms with van der Waals surface area (Å²) in [5, 5.41) is 18.5. The van der Waals surface area contributed by atoms with Gasteiger partial charge in [-0.15, -0.1) is 0 Å². The minimum absolute atomic E-state index is 0.115. The minimum Gasteiger partial charge on any atom is -0.476 e. The highest BCUT2D eigenvalue weighted by atomic mass is 16.6. The lowest BCUT2D eigenvalue weighted by Gasteiger charge is -2.01. The second kappa shape index (κ2) is 8.18. The molecule has 2 aromatic rings. The van der Waals surface area contributed by atoms with Crippen molar-refractivity contribution in [3.8, 4) is 0 Å². The number of hydrogen-bond acceptors (Lipinski definition) is 5. The van der Waals surface area contributed by atoms with Crippen molar-refractivity contribution in [3.63, 3.8) is 0 Å². The molecule has 0 aliphatic rings. The molecular formula is C16H13NO6. The first-order chi connectivity index (χ1) is 10.8. The van der Waals surface area contributed by atoms with Gasteiger partial charge in [0.25, 0.3) is 5.69 Å². The number of nitrogens with zero attached hydrogens (tertiary/aromatic N) is 1. The third-order valence-electron chi connectivity index (χ3n) is 2.68. The Balaban J connectivity index is 0.000000379. The molecule has 0 amide bonds. The van der Waals surface area contributed by atoms with Crippen LogP contribution in [0.3, 0.4) is 0 Å². The lowest BCUT2D eigenvalue weighted by atomic mass is 10.0. The Morgan fingerprint density at radius 3 is 1.91 bits per heavy atom. The fraction of sp³-hybridized carbons (Fsp3) is 0.0625. The van der Waals surface area contributed by atoms with E-state index in [0.29, 0.717) is 5.56 Å². The van der Waals surface area contributed by atoms with Gasteiger partial charge >= 0.3 is 5.97 Å². The number of benzene rings is 2. The first kappa shape index (κ1) is 17.7. The SMILES string of the molecule is CC(=O)C(=O)O.O=C(c1ccccc1)c1ccccc1[N+](=O)[O-]. The summed E-state index contributed by atoms with van der Waals surface area (Å²) in [5.74, 6) is -2.54. The number of para-hydroxylation sites is 1. The predicted octanol–water partition coefficient (Wildman–Crippen LogP) is 2.49. The number of aliphatic carboxylic acids is 1. The van der Waals surface area contributed by atoms with Crippen LogP contribution in [0.1, 0.15) is 22.8 Å². The fourth-order valence-electron chi connectivity index (χ4n) is 1.57. The van der Waals surface area contributed by atoms with Crippen molar-refractivity contribution < 1.29 is 24.4 Å². The van der Waals surface area contributed by atoms with Crippen LogP contribution >= 0.6 is 0 Å². The third kappa shape index (κ3) is 5.16. The molecule has 0 radical (unpaired) electrons. The maximum absolute atomic E-state index is 12.1. The van der Waals surface area contributed by atoms with Gasteiger partial charge < -0.3 is 5.11 Å². The van der Waals surface area contributed by atoms with Crippen LogP contribution in [0.5, 0.6) is 0 Å². The summed E-state index contributed by atoms with van der Waals surface area (Å²) in [7, 11) is 0. The monoisotopic (exact) mass is 315 g/mol. The van der Waals surface area contributed by atoms with Gasteiger partial charge in [0.05, 0.1) is 4.92 Å². The number of carbonyl (C=O) groups is 3. The molecule has 0 fully saturated rings. The molecule has 0 aliphatic heterocycles. The number of ketones is 2. The molecule has 2 aromatic carbocycles. The van der Waals surface area contributed by atoms with Crippen molar-refractivity contribution >= 4 is 23.2 Å². The van der Waals surface area contributed by atoms with E-state index >= 15 is 0 Å². The Morgan fingerprint density at radius 1 is 0.957 bits per heavy atom. The molecule has 0 aliphatic carbocycles. The second-order valence-electron chi connectivity index (χ2n) is 4.33. The smallest absolute Gasteiger partial charge is 0.371 e. The summed E-state index contributed by atoms with van der Waals surface area (Å²) in [6.07, 6.45) is 0. The van der Waals surface area contributed by atoms with E-state index < -0.39 is 16.7 Å². The average Bonchev–Trinajstić information content (AvgIpc) is 2.55. The van der Waals surface area contributed by atoms with Gasteiger partial charge in [0.15, 0.2) is 5.78 Å². The van der Waals surface area contributed by atoms with Crippen LogP contribution in [0.4, 0.5) is 5.69 Å². The molecule has 0 atom stereocenters. The van der Waals surface area contributed by atoms with Crippen LogP contribution in [0, 0.1) is 10.1 Å². The number of nitro groups is 1. The molecule has 0 saturated heterocycles. The van der Waals surface area contributed by atoms with E-state index in [2.05, 4.69) is 0 Å². The van der Waals surface area contributed by atoms with Crippen LogP contribution in [0.25, 0.3) is 0 Å². The first-order valence-electron chi connectivity index (χ1n) is 6.41. The van der Waals surface area contributed by atoms with Gasteiger partial charge in [0.1, 0.15) is 5.56 Å². The van der Waals surface area contributed by atoms with Crippen molar-refractivity contribution in [2.75, 3.05) is 0 Å². The summed E-state index contributed by atoms with van der Waals surface area (Å²) < 4.78 is 0. The lowest BCUT2D eigenvalue weighted by molar-refractivity contribution is -0.385. The van der Waals surface area contributed by atoms with Crippen molar-refractivity contribution in [2.24, 2.45) is 0 Å². The van der Waals surface area contributed by atoms with Gasteiger partial charge in [-0.3, -0.25) is 19.7 Å². The van der Waals surface area contributed by atoms with Gasteiger partial charge in [-0.1, -0.05) is 42.5 Å². The lowest BCUT2D eigenvalue weighted by Crippen LogP contribution is -2.05. The fourth-order valence-corrected chi connectivity index (χ4v) is 1.57. The van der Waals surface area contributed by atoms with Gasteiger partial charge in [-0.25, -0.2) is 4.79 Å². The van der Waals surface area contributed by atoms with E-state index in [1.807, 2.05) is 0 Å². The standard InChI is InChI=1S/C13H9NO3.C3H4O3/c15-13(10-6-2-1-3-7-10)11-8-4-5-9-12(11)14(16)17;1-2(4)3(5)6/h1-9H;1H3,(H,5,6). The summed E-state index contributed by atoms with van der Waals surface area (Å²) in [6, 6.07) is 14.5. The average molecular weight is 315 g/mol. The van der Waals surface area contributed by atoms with Crippen LogP contribution < -0.4 is 0 Å². The summed E-state index contributed by atoms with van der Waals surface area (Å²) in [4.78, 5) is 41.2. The maximum atomic E-state index is 12.1. The van der Waals surface area contributed by atoms with Crippen molar-refractivity contribution in [1.82, 2.24) is 0 Å². The molecule has 1 N–H and O–H groups in total. The molecule has 7 nitrogen and oxygen atoms in total. The van der Waals surface area contributed by atoms with Crippen LogP contribution in [-0.4, -0.2) is 27.6 Å². The van der Waals surface area contributed by atoms with Crippen molar-refractivity contribution in [1.29, 1.82) is 0 Å². The van der Waals surface area contributed by atoms with E-state index in [4.69, 9.17) is 5.11 Å². The molecule has 0 bridgehead atoms. The second-order valence-corrected chi connectivity index (χ2v) is 4.33. The molecule has 0 aromatic heterocycles. The van der Waals surface area contributed by atoms with Crippen LogP contribution in [0.2, 0.25) is 0 Å². The quantitative estimate of drug-likeness (QED) is 0.401. The van der Waals surface area contributed by atoms with Crippen molar-refractivity contribution in [3.05, 3.63) is 75.8 Å². The van der Waals surface area contributed by atoms with Gasteiger partial charge in [-0.05, 0) is 6.07 Å². The summed E-state index contributed by atoms with van der Waals surface area (Å²) >= 11 is 0. The molecule has 2 rings (SSSR count). The third-order valence-corrected chi connectivity index (χ3v) is 2.68. The normalized spacial score (nSPS) is 9.26. The van der Waals surface area contributed by atoms with E-state index in [1.54, 1.807) is 42.5 Å². The zero-order valence-electron chi connectivity index (χ0n) is 12.1. The molecule has 7 heteroatoms. The number of nitro benzene ring substituents is 1. The number of rotatable bonds is 4. The minimum atomic E-state index is -1.38. The molecule has 23 heavy (non-hydrogen) atoms. The number of carboxylic acid groups (broad SMARTS) is 1. The topological polar surface area (TPSA) is 115 Å². The molecule has 0 unspecified atom stereocenters. The number of Topliss-reactive ketones (excluding diaryl/α,β-unsaturated/α-hetero) is 1. The Kier molecular flexibility index (Phi) is 6.30. The zero-order valence-corrected chi connectivity index (χ0v) is 12.1. The molecule has 0 saturated carbocycles. The number of hydrogen-bond donors (Lipinski definition) is 1. The van der Waals surface area contributed by atoms with Gasteiger partial charge in [0.2, 0.25) is 5.78 Å². The highest BCUT2D eigenvalue weighted by molar-refractivity contribution is 6.31. The van der Waals surface area contributed by atoms with E-state index in [1.165, 1.54) is 12.1 Å². The molecule has 0 heterocycles. The van der Waals surface area contributed by atoms with Gasteiger partial charge in [-0.2, -0.15) is 0 Å². The first-order valence-corrected chi connectivity index (χ1v) is 6.41. The molecule has 0 spiro atoms. The maximum Gasteiger partial charge on any atom is 0.371 e. The van der Waals surface area contributed by atoms with Crippen LogP contribution in [0.15, 0.2) is 54.6 Å². The molecule has 118 valence electrons. The van der Waals surface area contributed by atoms with E-state index in [0.717, 1.165) is 6.92 Å². The Bertz CT molecular complexity index is 727. The van der Waals surface area contributed by atoms with E-state index in [-0.39, 0.29) is 17.0 Å². The number of carboxylic acids is 1. The highest BCUT2D eigenvalue weighted by Crippen LogP contribution is 2.20. The van der Waals surface area contributed by atoms with Gasteiger partial charge in [0, 0.05) is 18.6 Å². The zero-order chi connectivity index (χ0) is 17.4.